The summed E-state index contributed by atoms with van der Waals surface area (Å²) >= 11 is 0. The van der Waals surface area contributed by atoms with Crippen LogP contribution in [-0.4, -0.2) is 18.6 Å². The first-order chi connectivity index (χ1) is 10.7. The molecule has 0 aromatic heterocycles. The minimum atomic E-state index is -0.0798. The van der Waals surface area contributed by atoms with Gasteiger partial charge in [0.15, 0.2) is 6.61 Å². The van der Waals surface area contributed by atoms with E-state index in [2.05, 4.69) is 17.4 Å². The van der Waals surface area contributed by atoms with Gasteiger partial charge in [0, 0.05) is 12.5 Å². The van der Waals surface area contributed by atoms with E-state index >= 15 is 0 Å². The van der Waals surface area contributed by atoms with Crippen LogP contribution in [0.5, 0.6) is 5.75 Å². The van der Waals surface area contributed by atoms with Crippen LogP contribution in [0.1, 0.15) is 31.4 Å². The van der Waals surface area contributed by atoms with Crippen molar-refractivity contribution in [1.29, 1.82) is 0 Å². The van der Waals surface area contributed by atoms with E-state index in [1.54, 1.807) is 0 Å². The number of carbonyl (C=O) groups excluding carboxylic acids is 1. The van der Waals surface area contributed by atoms with E-state index in [0.29, 0.717) is 0 Å². The zero-order valence-corrected chi connectivity index (χ0v) is 13.2. The fraction of sp³-hybridized carbons (Fsp3) is 0.316. The van der Waals surface area contributed by atoms with E-state index in [1.807, 2.05) is 56.3 Å². The average Bonchev–Trinajstić information content (AvgIpc) is 2.55. The molecule has 1 amide bonds. The molecule has 0 aliphatic rings. The highest BCUT2D eigenvalue weighted by Gasteiger charge is 2.09. The van der Waals surface area contributed by atoms with Crippen LogP contribution in [0.25, 0.3) is 0 Å². The predicted molar refractivity (Wildman–Crippen MR) is 89.1 cm³/mol. The summed E-state index contributed by atoms with van der Waals surface area (Å²) in [6.07, 6.45) is 1.71. The molecular formula is C19H23NO2. The first-order valence-electron chi connectivity index (χ1n) is 7.73. The van der Waals surface area contributed by atoms with Crippen LogP contribution < -0.4 is 10.1 Å². The van der Waals surface area contributed by atoms with E-state index in [9.17, 15) is 4.79 Å². The Labute approximate surface area is 132 Å². The molecule has 3 heteroatoms. The van der Waals surface area contributed by atoms with Crippen molar-refractivity contribution in [3.05, 3.63) is 65.7 Å². The molecular weight excluding hydrogens is 274 g/mol. The van der Waals surface area contributed by atoms with Crippen molar-refractivity contribution in [1.82, 2.24) is 5.32 Å². The molecule has 0 spiro atoms. The number of ether oxygens (including phenoxy) is 1. The van der Waals surface area contributed by atoms with Crippen LogP contribution in [-0.2, 0) is 11.2 Å². The topological polar surface area (TPSA) is 38.3 Å². The third-order valence-corrected chi connectivity index (χ3v) is 3.59. The maximum Gasteiger partial charge on any atom is 0.258 e. The van der Waals surface area contributed by atoms with Gasteiger partial charge in [-0.1, -0.05) is 55.5 Å². The van der Waals surface area contributed by atoms with Gasteiger partial charge in [0.1, 0.15) is 5.75 Å². The number of para-hydroxylation sites is 1. The van der Waals surface area contributed by atoms with Gasteiger partial charge in [-0.05, 0) is 30.5 Å². The fourth-order valence-corrected chi connectivity index (χ4v) is 2.17. The van der Waals surface area contributed by atoms with Crippen molar-refractivity contribution in [2.75, 3.05) is 6.61 Å². The number of hydrogen-bond donors (Lipinski definition) is 1. The standard InChI is InChI=1S/C19H23NO2/c1-3-15(2)20-19(21)14-22-18-12-8-7-11-17(18)13-16-9-5-4-6-10-16/h4-12,15H,3,13-14H2,1-2H3,(H,20,21). The second-order valence-electron chi connectivity index (χ2n) is 5.44. The summed E-state index contributed by atoms with van der Waals surface area (Å²) in [5.41, 5.74) is 2.31. The third kappa shape index (κ3) is 4.92. The van der Waals surface area contributed by atoms with Crippen LogP contribution in [0.4, 0.5) is 0 Å². The van der Waals surface area contributed by atoms with Crippen LogP contribution in [0.15, 0.2) is 54.6 Å². The Kier molecular flexibility index (Phi) is 6.01. The van der Waals surface area contributed by atoms with Gasteiger partial charge in [0.2, 0.25) is 0 Å². The Bertz CT molecular complexity index is 595. The molecule has 2 rings (SSSR count). The maximum absolute atomic E-state index is 11.8. The number of amides is 1. The number of rotatable bonds is 7. The quantitative estimate of drug-likeness (QED) is 0.848. The van der Waals surface area contributed by atoms with E-state index < -0.39 is 0 Å². The van der Waals surface area contributed by atoms with E-state index in [4.69, 9.17) is 4.74 Å². The Hall–Kier alpha value is -2.29. The zero-order chi connectivity index (χ0) is 15.8. The van der Waals surface area contributed by atoms with Gasteiger partial charge in [0.25, 0.3) is 5.91 Å². The molecule has 3 nitrogen and oxygen atoms in total. The van der Waals surface area contributed by atoms with Crippen molar-refractivity contribution < 1.29 is 9.53 Å². The molecule has 0 radical (unpaired) electrons. The first kappa shape index (κ1) is 16.1. The average molecular weight is 297 g/mol. The molecule has 2 aromatic carbocycles. The Morgan fingerprint density at radius 2 is 1.77 bits per heavy atom. The highest BCUT2D eigenvalue weighted by atomic mass is 16.5. The SMILES string of the molecule is CCC(C)NC(=O)COc1ccccc1Cc1ccccc1. The second-order valence-corrected chi connectivity index (χ2v) is 5.44. The molecule has 22 heavy (non-hydrogen) atoms. The summed E-state index contributed by atoms with van der Waals surface area (Å²) in [4.78, 5) is 11.8. The summed E-state index contributed by atoms with van der Waals surface area (Å²) in [6, 6.07) is 18.3. The molecule has 0 aliphatic heterocycles. The minimum absolute atomic E-state index is 0.0517. The van der Waals surface area contributed by atoms with E-state index in [-0.39, 0.29) is 18.6 Å². The molecule has 116 valence electrons. The molecule has 0 aliphatic carbocycles. The van der Waals surface area contributed by atoms with E-state index in [0.717, 1.165) is 24.2 Å². The van der Waals surface area contributed by atoms with Crippen molar-refractivity contribution in [3.63, 3.8) is 0 Å². The summed E-state index contributed by atoms with van der Waals surface area (Å²) in [5, 5.41) is 2.91. The van der Waals surface area contributed by atoms with Crippen molar-refractivity contribution in [3.8, 4) is 5.75 Å². The second kappa shape index (κ2) is 8.23. The molecule has 0 fully saturated rings. The summed E-state index contributed by atoms with van der Waals surface area (Å²) in [6.45, 7) is 4.08. The Morgan fingerprint density at radius 3 is 2.50 bits per heavy atom. The van der Waals surface area contributed by atoms with Gasteiger partial charge < -0.3 is 10.1 Å². The lowest BCUT2D eigenvalue weighted by Crippen LogP contribution is -2.35. The van der Waals surface area contributed by atoms with Gasteiger partial charge in [-0.2, -0.15) is 0 Å². The van der Waals surface area contributed by atoms with Gasteiger partial charge in [-0.3, -0.25) is 4.79 Å². The van der Waals surface area contributed by atoms with E-state index in [1.165, 1.54) is 5.56 Å². The minimum Gasteiger partial charge on any atom is -0.483 e. The van der Waals surface area contributed by atoms with Crippen molar-refractivity contribution in [2.24, 2.45) is 0 Å². The lowest BCUT2D eigenvalue weighted by molar-refractivity contribution is -0.123. The molecule has 1 N–H and O–H groups in total. The molecule has 0 bridgehead atoms. The fourth-order valence-electron chi connectivity index (χ4n) is 2.17. The van der Waals surface area contributed by atoms with Crippen LogP contribution >= 0.6 is 0 Å². The first-order valence-corrected chi connectivity index (χ1v) is 7.73. The highest BCUT2D eigenvalue weighted by molar-refractivity contribution is 5.77. The normalized spacial score (nSPS) is 11.7. The molecule has 0 heterocycles. The number of nitrogens with one attached hydrogen (secondary N) is 1. The summed E-state index contributed by atoms with van der Waals surface area (Å²) in [7, 11) is 0. The molecule has 1 unspecified atom stereocenters. The number of benzene rings is 2. The largest absolute Gasteiger partial charge is 0.483 e. The smallest absolute Gasteiger partial charge is 0.258 e. The number of hydrogen-bond acceptors (Lipinski definition) is 2. The molecule has 0 saturated carbocycles. The number of carbonyl (C=O) groups is 1. The Balaban J connectivity index is 1.98. The summed E-state index contributed by atoms with van der Waals surface area (Å²) in [5.74, 6) is 0.689. The monoisotopic (exact) mass is 297 g/mol. The molecule has 2 aromatic rings. The predicted octanol–water partition coefficient (Wildman–Crippen LogP) is 3.57. The van der Waals surface area contributed by atoms with Crippen molar-refractivity contribution in [2.45, 2.75) is 32.7 Å². The highest BCUT2D eigenvalue weighted by Crippen LogP contribution is 2.21. The molecule has 1 atom stereocenters. The van der Waals surface area contributed by atoms with Crippen LogP contribution in [0.3, 0.4) is 0 Å². The van der Waals surface area contributed by atoms with Gasteiger partial charge in [0.05, 0.1) is 0 Å². The third-order valence-electron chi connectivity index (χ3n) is 3.59. The van der Waals surface area contributed by atoms with Gasteiger partial charge in [-0.25, -0.2) is 0 Å². The Morgan fingerprint density at radius 1 is 1.09 bits per heavy atom. The van der Waals surface area contributed by atoms with Gasteiger partial charge >= 0.3 is 0 Å². The zero-order valence-electron chi connectivity index (χ0n) is 13.2. The van der Waals surface area contributed by atoms with Crippen molar-refractivity contribution >= 4 is 5.91 Å². The maximum atomic E-state index is 11.8. The van der Waals surface area contributed by atoms with Crippen LogP contribution in [0, 0.1) is 0 Å². The van der Waals surface area contributed by atoms with Gasteiger partial charge in [-0.15, -0.1) is 0 Å². The molecule has 0 saturated heterocycles. The lowest BCUT2D eigenvalue weighted by Gasteiger charge is -2.14. The van der Waals surface area contributed by atoms with Crippen LogP contribution in [0.2, 0.25) is 0 Å². The lowest BCUT2D eigenvalue weighted by atomic mass is 10.0. The summed E-state index contributed by atoms with van der Waals surface area (Å²) < 4.78 is 5.70.